The lowest BCUT2D eigenvalue weighted by molar-refractivity contribution is 0.0909. The quantitative estimate of drug-likeness (QED) is 0.772. The molecule has 1 saturated carbocycles. The summed E-state index contributed by atoms with van der Waals surface area (Å²) in [5.41, 5.74) is 2.08. The molecule has 0 radical (unpaired) electrons. The van der Waals surface area contributed by atoms with Crippen LogP contribution in [0.2, 0.25) is 0 Å². The fraction of sp³-hybridized carbons (Fsp3) is 0.409. The van der Waals surface area contributed by atoms with Crippen LogP contribution in [0.4, 0.5) is 0 Å². The first-order chi connectivity index (χ1) is 12.8. The molecule has 2 aliphatic rings. The van der Waals surface area contributed by atoms with Gasteiger partial charge in [0.05, 0.1) is 0 Å². The van der Waals surface area contributed by atoms with E-state index in [0.29, 0.717) is 6.04 Å². The molecule has 136 valence electrons. The number of benzene rings is 2. The first kappa shape index (κ1) is 17.6. The van der Waals surface area contributed by atoms with Crippen LogP contribution >= 0.6 is 11.8 Å². The van der Waals surface area contributed by atoms with E-state index in [-0.39, 0.29) is 5.91 Å². The van der Waals surface area contributed by atoms with E-state index in [1.807, 2.05) is 18.2 Å². The van der Waals surface area contributed by atoms with E-state index in [1.54, 1.807) is 11.8 Å². The van der Waals surface area contributed by atoms with Crippen molar-refractivity contribution in [2.75, 3.05) is 13.1 Å². The summed E-state index contributed by atoms with van der Waals surface area (Å²) in [6.07, 6.45) is 4.89. The largest absolute Gasteiger partial charge is 0.349 e. The first-order valence-electron chi connectivity index (χ1n) is 9.59. The summed E-state index contributed by atoms with van der Waals surface area (Å²) in [7, 11) is 0. The Kier molecular flexibility index (Phi) is 5.61. The summed E-state index contributed by atoms with van der Waals surface area (Å²) in [6, 6.07) is 19.6. The number of hydrogen-bond donors (Lipinski definition) is 1. The van der Waals surface area contributed by atoms with Gasteiger partial charge in [-0.25, -0.2) is 0 Å². The van der Waals surface area contributed by atoms with Crippen LogP contribution in [0.1, 0.15) is 41.6 Å². The van der Waals surface area contributed by atoms with Crippen LogP contribution in [-0.4, -0.2) is 36.0 Å². The third-order valence-corrected chi connectivity index (χ3v) is 6.38. The van der Waals surface area contributed by atoms with Gasteiger partial charge in [0.2, 0.25) is 0 Å². The molecular formula is C22H26N2OS. The zero-order valence-corrected chi connectivity index (χ0v) is 15.9. The number of hydrogen-bond acceptors (Lipinski definition) is 3. The predicted octanol–water partition coefficient (Wildman–Crippen LogP) is 4.34. The predicted molar refractivity (Wildman–Crippen MR) is 108 cm³/mol. The molecule has 3 nitrogen and oxygen atoms in total. The van der Waals surface area contributed by atoms with Gasteiger partial charge in [0, 0.05) is 41.4 Å². The smallest absolute Gasteiger partial charge is 0.251 e. The van der Waals surface area contributed by atoms with Crippen LogP contribution in [0.5, 0.6) is 0 Å². The average Bonchev–Trinajstić information content (AvgIpc) is 3.53. The van der Waals surface area contributed by atoms with Crippen molar-refractivity contribution in [2.45, 2.75) is 48.4 Å². The van der Waals surface area contributed by atoms with E-state index in [4.69, 9.17) is 0 Å². The third-order valence-electron chi connectivity index (χ3n) is 5.29. The van der Waals surface area contributed by atoms with Crippen molar-refractivity contribution in [1.82, 2.24) is 10.2 Å². The van der Waals surface area contributed by atoms with Crippen molar-refractivity contribution in [3.8, 4) is 0 Å². The molecule has 1 N–H and O–H groups in total. The second-order valence-corrected chi connectivity index (χ2v) is 8.36. The second-order valence-electron chi connectivity index (χ2n) is 7.31. The second kappa shape index (κ2) is 8.28. The summed E-state index contributed by atoms with van der Waals surface area (Å²) in [4.78, 5) is 16.3. The number of likely N-dealkylation sites (tertiary alicyclic amines) is 1. The maximum absolute atomic E-state index is 12.5. The molecule has 2 aromatic rings. The Morgan fingerprint density at radius 2 is 1.65 bits per heavy atom. The minimum absolute atomic E-state index is 0.0643. The molecule has 1 amide bonds. The van der Waals surface area contributed by atoms with Gasteiger partial charge in [0.25, 0.3) is 5.91 Å². The molecule has 0 spiro atoms. The van der Waals surface area contributed by atoms with Gasteiger partial charge in [-0.2, -0.15) is 0 Å². The maximum Gasteiger partial charge on any atom is 0.251 e. The van der Waals surface area contributed by atoms with Crippen LogP contribution in [0, 0.1) is 0 Å². The molecule has 0 aromatic heterocycles. The summed E-state index contributed by atoms with van der Waals surface area (Å²) < 4.78 is 0. The molecule has 4 rings (SSSR count). The number of carbonyl (C=O) groups is 1. The summed E-state index contributed by atoms with van der Waals surface area (Å²) in [6.45, 7) is 2.26. The van der Waals surface area contributed by atoms with Crippen molar-refractivity contribution in [1.29, 1.82) is 0 Å². The molecule has 0 atom stereocenters. The molecule has 26 heavy (non-hydrogen) atoms. The Morgan fingerprint density at radius 3 is 2.31 bits per heavy atom. The molecule has 2 fully saturated rings. The van der Waals surface area contributed by atoms with Crippen LogP contribution in [0.3, 0.4) is 0 Å². The van der Waals surface area contributed by atoms with E-state index < -0.39 is 0 Å². The van der Waals surface area contributed by atoms with Gasteiger partial charge in [-0.05, 0) is 55.5 Å². The summed E-state index contributed by atoms with van der Waals surface area (Å²) in [5.74, 6) is 1.01. The molecule has 1 aliphatic heterocycles. The number of nitrogens with one attached hydrogen (secondary N) is 1. The Hall–Kier alpha value is -1.78. The van der Waals surface area contributed by atoms with Crippen molar-refractivity contribution < 1.29 is 4.79 Å². The van der Waals surface area contributed by atoms with Crippen LogP contribution < -0.4 is 5.32 Å². The van der Waals surface area contributed by atoms with Crippen molar-refractivity contribution in [3.05, 3.63) is 65.7 Å². The first-order valence-corrected chi connectivity index (χ1v) is 10.6. The molecular weight excluding hydrogens is 340 g/mol. The lowest BCUT2D eigenvalue weighted by atomic mass is 10.0. The zero-order valence-electron chi connectivity index (χ0n) is 15.1. The molecule has 1 heterocycles. The number of nitrogens with zero attached hydrogens (tertiary/aromatic N) is 1. The molecule has 2 aromatic carbocycles. The highest BCUT2D eigenvalue weighted by molar-refractivity contribution is 7.98. The lowest BCUT2D eigenvalue weighted by Gasteiger charge is -2.32. The van der Waals surface area contributed by atoms with E-state index >= 15 is 0 Å². The van der Waals surface area contributed by atoms with Gasteiger partial charge in [-0.1, -0.05) is 30.3 Å². The highest BCUT2D eigenvalue weighted by Gasteiger charge is 2.32. The fourth-order valence-electron chi connectivity index (χ4n) is 3.56. The monoisotopic (exact) mass is 366 g/mol. The molecule has 4 heteroatoms. The number of thioether (sulfide) groups is 1. The number of carbonyl (C=O) groups excluding carboxylic acids is 1. The number of piperidine rings is 1. The number of amides is 1. The van der Waals surface area contributed by atoms with Crippen LogP contribution in [0.25, 0.3) is 0 Å². The average molecular weight is 367 g/mol. The van der Waals surface area contributed by atoms with E-state index in [0.717, 1.165) is 43.3 Å². The SMILES string of the molecule is O=C(NC1CCN(C2CC2)CC1)c1ccc(SCc2ccccc2)cc1. The zero-order chi connectivity index (χ0) is 17.8. The normalized spacial score (nSPS) is 18.6. The maximum atomic E-state index is 12.5. The van der Waals surface area contributed by atoms with Gasteiger partial charge in [-0.3, -0.25) is 4.79 Å². The van der Waals surface area contributed by atoms with Gasteiger partial charge in [-0.15, -0.1) is 11.8 Å². The Morgan fingerprint density at radius 1 is 0.962 bits per heavy atom. The highest BCUT2D eigenvalue weighted by Crippen LogP contribution is 2.29. The van der Waals surface area contributed by atoms with E-state index in [1.165, 1.54) is 23.3 Å². The summed E-state index contributed by atoms with van der Waals surface area (Å²) in [5, 5.41) is 3.22. The van der Waals surface area contributed by atoms with Gasteiger partial charge < -0.3 is 10.2 Å². The highest BCUT2D eigenvalue weighted by atomic mass is 32.2. The van der Waals surface area contributed by atoms with Gasteiger partial charge in [0.15, 0.2) is 0 Å². The van der Waals surface area contributed by atoms with Crippen LogP contribution in [-0.2, 0) is 5.75 Å². The number of rotatable bonds is 6. The Balaban J connectivity index is 1.25. The van der Waals surface area contributed by atoms with Crippen molar-refractivity contribution in [2.24, 2.45) is 0 Å². The van der Waals surface area contributed by atoms with Gasteiger partial charge in [0.1, 0.15) is 0 Å². The van der Waals surface area contributed by atoms with Crippen molar-refractivity contribution >= 4 is 17.7 Å². The molecule has 0 unspecified atom stereocenters. The van der Waals surface area contributed by atoms with E-state index in [9.17, 15) is 4.79 Å². The minimum Gasteiger partial charge on any atom is -0.349 e. The Labute approximate surface area is 160 Å². The molecule has 1 saturated heterocycles. The fourth-order valence-corrected chi connectivity index (χ4v) is 4.42. The van der Waals surface area contributed by atoms with Crippen LogP contribution in [0.15, 0.2) is 59.5 Å². The standard InChI is InChI=1S/C22H26N2OS/c25-22(23-19-12-14-24(15-13-19)20-8-9-20)18-6-10-21(11-7-18)26-16-17-4-2-1-3-5-17/h1-7,10-11,19-20H,8-9,12-16H2,(H,23,25). The third kappa shape index (κ3) is 4.68. The minimum atomic E-state index is 0.0643. The lowest BCUT2D eigenvalue weighted by Crippen LogP contribution is -2.45. The topological polar surface area (TPSA) is 32.3 Å². The molecule has 0 bridgehead atoms. The Bertz CT molecular complexity index is 720. The van der Waals surface area contributed by atoms with E-state index in [2.05, 4.69) is 46.6 Å². The van der Waals surface area contributed by atoms with Gasteiger partial charge >= 0.3 is 0 Å². The summed E-state index contributed by atoms with van der Waals surface area (Å²) >= 11 is 1.80. The molecule has 1 aliphatic carbocycles. The van der Waals surface area contributed by atoms with Crippen molar-refractivity contribution in [3.63, 3.8) is 0 Å².